The molecule has 0 atom stereocenters. The number of benzene rings is 1. The van der Waals surface area contributed by atoms with Gasteiger partial charge in [0.05, 0.1) is 24.0 Å². The van der Waals surface area contributed by atoms with Crippen molar-refractivity contribution in [3.63, 3.8) is 0 Å². The Morgan fingerprint density at radius 1 is 1.15 bits per heavy atom. The smallest absolute Gasteiger partial charge is 0.297 e. The topological polar surface area (TPSA) is 60.9 Å². The van der Waals surface area contributed by atoms with E-state index in [1.54, 1.807) is 10.9 Å². The summed E-state index contributed by atoms with van der Waals surface area (Å²) in [7, 11) is 0. The Morgan fingerprint density at radius 2 is 1.93 bits per heavy atom. The zero-order valence-corrected chi connectivity index (χ0v) is 15.5. The number of furan rings is 1. The van der Waals surface area contributed by atoms with E-state index < -0.39 is 0 Å². The van der Waals surface area contributed by atoms with Gasteiger partial charge in [-0.2, -0.15) is 0 Å². The molecule has 0 bridgehead atoms. The number of aromatic nitrogens is 3. The van der Waals surface area contributed by atoms with Crippen LogP contribution in [0.5, 0.6) is 0 Å². The molecule has 0 N–H and O–H groups in total. The van der Waals surface area contributed by atoms with Gasteiger partial charge in [0.25, 0.3) is 5.56 Å². The summed E-state index contributed by atoms with van der Waals surface area (Å²) in [6, 6.07) is 9.89. The molecule has 1 aromatic carbocycles. The molecule has 0 aliphatic heterocycles. The van der Waals surface area contributed by atoms with Gasteiger partial charge in [0.15, 0.2) is 0 Å². The number of hydrogen-bond donors (Lipinski definition) is 0. The van der Waals surface area contributed by atoms with Crippen molar-refractivity contribution in [3.05, 3.63) is 69.4 Å². The lowest BCUT2D eigenvalue weighted by atomic mass is 9.99. The summed E-state index contributed by atoms with van der Waals surface area (Å²) in [6.45, 7) is 4.78. The molecule has 3 heterocycles. The number of hydrogen-bond acceptors (Lipinski definition) is 4. The molecule has 0 saturated carbocycles. The SMILES string of the molecule is CC(C)c1nc2oc3c(=O)n(Cc4ccccc4)cnc3c2c2c1CCC2. The van der Waals surface area contributed by atoms with Gasteiger partial charge in [-0.25, -0.2) is 9.97 Å². The molecule has 136 valence electrons. The highest BCUT2D eigenvalue weighted by Crippen LogP contribution is 2.37. The fourth-order valence-electron chi connectivity index (χ4n) is 4.19. The van der Waals surface area contributed by atoms with Gasteiger partial charge in [0.1, 0.15) is 5.52 Å². The molecular weight excluding hydrogens is 338 g/mol. The fraction of sp³-hybridized carbons (Fsp3) is 0.318. The zero-order chi connectivity index (χ0) is 18.5. The van der Waals surface area contributed by atoms with Crippen LogP contribution < -0.4 is 5.56 Å². The van der Waals surface area contributed by atoms with E-state index in [0.29, 0.717) is 29.3 Å². The van der Waals surface area contributed by atoms with Crippen LogP contribution in [0.4, 0.5) is 0 Å². The number of fused-ring (bicyclic) bond motifs is 5. The molecule has 0 unspecified atom stereocenters. The Bertz CT molecular complexity index is 1220. The van der Waals surface area contributed by atoms with Gasteiger partial charge < -0.3 is 4.42 Å². The minimum atomic E-state index is -0.153. The van der Waals surface area contributed by atoms with Crippen LogP contribution in [0.2, 0.25) is 0 Å². The van der Waals surface area contributed by atoms with Crippen LogP contribution in [0.3, 0.4) is 0 Å². The second-order valence-electron chi connectivity index (χ2n) is 7.59. The van der Waals surface area contributed by atoms with Crippen molar-refractivity contribution in [1.82, 2.24) is 14.5 Å². The van der Waals surface area contributed by atoms with E-state index in [9.17, 15) is 4.79 Å². The zero-order valence-electron chi connectivity index (χ0n) is 15.5. The largest absolute Gasteiger partial charge is 0.430 e. The normalized spacial score (nSPS) is 13.7. The predicted molar refractivity (Wildman–Crippen MR) is 105 cm³/mol. The van der Waals surface area contributed by atoms with Gasteiger partial charge in [0, 0.05) is 0 Å². The van der Waals surface area contributed by atoms with Crippen molar-refractivity contribution in [1.29, 1.82) is 0 Å². The van der Waals surface area contributed by atoms with Gasteiger partial charge in [-0.15, -0.1) is 0 Å². The third kappa shape index (κ3) is 2.49. The van der Waals surface area contributed by atoms with Gasteiger partial charge >= 0.3 is 0 Å². The van der Waals surface area contributed by atoms with Crippen LogP contribution in [0.25, 0.3) is 22.2 Å². The average molecular weight is 359 g/mol. The van der Waals surface area contributed by atoms with E-state index in [4.69, 9.17) is 9.40 Å². The second-order valence-corrected chi connectivity index (χ2v) is 7.59. The minimum Gasteiger partial charge on any atom is -0.430 e. The summed E-state index contributed by atoms with van der Waals surface area (Å²) >= 11 is 0. The maximum Gasteiger partial charge on any atom is 0.297 e. The van der Waals surface area contributed by atoms with Crippen LogP contribution in [-0.2, 0) is 19.4 Å². The molecule has 0 fully saturated rings. The van der Waals surface area contributed by atoms with E-state index in [2.05, 4.69) is 18.8 Å². The van der Waals surface area contributed by atoms with Crippen LogP contribution >= 0.6 is 0 Å². The van der Waals surface area contributed by atoms with Crippen molar-refractivity contribution in [2.24, 2.45) is 0 Å². The molecule has 0 amide bonds. The molecule has 3 aromatic heterocycles. The third-order valence-electron chi connectivity index (χ3n) is 5.44. The Morgan fingerprint density at radius 3 is 2.70 bits per heavy atom. The van der Waals surface area contributed by atoms with Gasteiger partial charge in [0.2, 0.25) is 11.3 Å². The van der Waals surface area contributed by atoms with Crippen molar-refractivity contribution < 1.29 is 4.42 Å². The lowest BCUT2D eigenvalue weighted by Gasteiger charge is -2.11. The van der Waals surface area contributed by atoms with Crippen molar-refractivity contribution in [2.45, 2.75) is 45.6 Å². The maximum atomic E-state index is 13.0. The first-order valence-corrected chi connectivity index (χ1v) is 9.50. The molecule has 5 heteroatoms. The third-order valence-corrected chi connectivity index (χ3v) is 5.44. The molecule has 4 aromatic rings. The molecule has 5 nitrogen and oxygen atoms in total. The number of rotatable bonds is 3. The van der Waals surface area contributed by atoms with E-state index in [1.165, 1.54) is 11.1 Å². The van der Waals surface area contributed by atoms with Crippen LogP contribution in [0.1, 0.15) is 48.6 Å². The first kappa shape index (κ1) is 16.2. The summed E-state index contributed by atoms with van der Waals surface area (Å²) in [4.78, 5) is 22.4. The molecule has 5 rings (SSSR count). The Hall–Kier alpha value is -2.95. The highest BCUT2D eigenvalue weighted by molar-refractivity contribution is 6.03. The minimum absolute atomic E-state index is 0.153. The molecule has 27 heavy (non-hydrogen) atoms. The van der Waals surface area contributed by atoms with Gasteiger partial charge in [-0.3, -0.25) is 9.36 Å². The van der Waals surface area contributed by atoms with Gasteiger partial charge in [-0.1, -0.05) is 44.2 Å². The first-order chi connectivity index (χ1) is 13.1. The van der Waals surface area contributed by atoms with Crippen LogP contribution in [-0.4, -0.2) is 14.5 Å². The highest BCUT2D eigenvalue weighted by atomic mass is 16.3. The van der Waals surface area contributed by atoms with Gasteiger partial charge in [-0.05, 0) is 41.9 Å². The maximum absolute atomic E-state index is 13.0. The molecule has 0 saturated heterocycles. The number of pyridine rings is 1. The molecule has 0 radical (unpaired) electrons. The molecule has 1 aliphatic carbocycles. The quantitative estimate of drug-likeness (QED) is 0.550. The molecule has 0 spiro atoms. The van der Waals surface area contributed by atoms with E-state index in [1.807, 2.05) is 30.3 Å². The number of nitrogens with zero attached hydrogens (tertiary/aromatic N) is 3. The Kier molecular flexibility index (Phi) is 3.64. The van der Waals surface area contributed by atoms with E-state index in [-0.39, 0.29) is 5.56 Å². The van der Waals surface area contributed by atoms with Crippen LogP contribution in [0.15, 0.2) is 45.9 Å². The molecule has 1 aliphatic rings. The monoisotopic (exact) mass is 359 g/mol. The van der Waals surface area contributed by atoms with Crippen molar-refractivity contribution >= 4 is 22.2 Å². The fourth-order valence-corrected chi connectivity index (χ4v) is 4.19. The summed E-state index contributed by atoms with van der Waals surface area (Å²) in [5, 5.41) is 0.936. The average Bonchev–Trinajstić information content (AvgIpc) is 3.28. The van der Waals surface area contributed by atoms with Crippen molar-refractivity contribution in [3.8, 4) is 0 Å². The lowest BCUT2D eigenvalue weighted by Crippen LogP contribution is -2.20. The van der Waals surface area contributed by atoms with E-state index >= 15 is 0 Å². The summed E-state index contributed by atoms with van der Waals surface area (Å²) in [5.41, 5.74) is 6.12. The second kappa shape index (κ2) is 6.05. The summed E-state index contributed by atoms with van der Waals surface area (Å²) in [5.74, 6) is 0.331. The number of aryl methyl sites for hydroxylation is 1. The highest BCUT2D eigenvalue weighted by Gasteiger charge is 2.26. The predicted octanol–water partition coefficient (Wildman–Crippen LogP) is 4.20. The Balaban J connectivity index is 1.74. The summed E-state index contributed by atoms with van der Waals surface area (Å²) < 4.78 is 7.57. The first-order valence-electron chi connectivity index (χ1n) is 9.50. The Labute approximate surface area is 156 Å². The van der Waals surface area contributed by atoms with E-state index in [0.717, 1.165) is 35.9 Å². The lowest BCUT2D eigenvalue weighted by molar-refractivity contribution is 0.626. The van der Waals surface area contributed by atoms with Crippen molar-refractivity contribution in [2.75, 3.05) is 0 Å². The molecular formula is C22H21N3O2. The van der Waals surface area contributed by atoms with Crippen LogP contribution in [0, 0.1) is 0 Å². The summed E-state index contributed by atoms with van der Waals surface area (Å²) in [6.07, 6.45) is 4.79. The standard InChI is InChI=1S/C22H21N3O2/c1-13(2)18-16-10-6-9-15(16)17-19-20(27-21(17)24-18)22(26)25(12-23-19)11-14-7-4-3-5-8-14/h3-5,7-8,12-13H,6,9-11H2,1-2H3.